The zero-order chi connectivity index (χ0) is 10.5. The van der Waals surface area contributed by atoms with E-state index in [2.05, 4.69) is 25.4 Å². The van der Waals surface area contributed by atoms with Crippen LogP contribution in [0, 0.1) is 5.82 Å². The first-order valence-electron chi connectivity index (χ1n) is 4.31. The van der Waals surface area contributed by atoms with Crippen LogP contribution in [0.2, 0.25) is 0 Å². The van der Waals surface area contributed by atoms with E-state index in [9.17, 15) is 4.39 Å². The second-order valence-electron chi connectivity index (χ2n) is 2.74. The predicted molar refractivity (Wildman–Crippen MR) is 48.5 cm³/mol. The molecule has 0 bridgehead atoms. The Labute approximate surface area is 84.6 Å². The molecule has 0 spiro atoms. The monoisotopic (exact) mass is 209 g/mol. The molecular formula is C8H8FN5O. The summed E-state index contributed by atoms with van der Waals surface area (Å²) in [5.74, 6) is 0.443. The van der Waals surface area contributed by atoms with Gasteiger partial charge in [0.25, 0.3) is 0 Å². The van der Waals surface area contributed by atoms with Gasteiger partial charge in [0.1, 0.15) is 0 Å². The molecule has 0 saturated heterocycles. The van der Waals surface area contributed by atoms with Crippen LogP contribution >= 0.6 is 0 Å². The second-order valence-corrected chi connectivity index (χ2v) is 2.74. The first kappa shape index (κ1) is 9.50. The molecule has 0 radical (unpaired) electrons. The summed E-state index contributed by atoms with van der Waals surface area (Å²) in [6, 6.07) is 0. The molecule has 2 aromatic heterocycles. The molecule has 0 aliphatic heterocycles. The molecule has 6 nitrogen and oxygen atoms in total. The molecule has 2 heterocycles. The van der Waals surface area contributed by atoms with Crippen molar-refractivity contribution in [1.29, 1.82) is 0 Å². The van der Waals surface area contributed by atoms with Crippen LogP contribution in [0.25, 0.3) is 0 Å². The molecule has 78 valence electrons. The highest BCUT2D eigenvalue weighted by molar-refractivity contribution is 5.22. The number of rotatable bonds is 4. The highest BCUT2D eigenvalue weighted by Crippen LogP contribution is 1.99. The molecule has 0 unspecified atom stereocenters. The van der Waals surface area contributed by atoms with E-state index in [1.165, 1.54) is 6.33 Å². The minimum Gasteiger partial charge on any atom is -0.354 e. The molecule has 2 aromatic rings. The van der Waals surface area contributed by atoms with Crippen LogP contribution in [0.5, 0.6) is 0 Å². The SMILES string of the molecule is Fc1cnc(NCCc2ncno2)nc1. The standard InChI is InChI=1S/C8H8FN5O/c9-6-3-11-8(12-4-6)10-2-1-7-13-5-14-15-7/h3-5H,1-2H2,(H,10,11,12). The van der Waals surface area contributed by atoms with E-state index in [4.69, 9.17) is 4.52 Å². The fraction of sp³-hybridized carbons (Fsp3) is 0.250. The van der Waals surface area contributed by atoms with Crippen LogP contribution in [0.1, 0.15) is 5.89 Å². The average molecular weight is 209 g/mol. The van der Waals surface area contributed by atoms with Crippen molar-refractivity contribution in [3.05, 3.63) is 30.4 Å². The number of halogens is 1. The molecule has 0 aromatic carbocycles. The zero-order valence-electron chi connectivity index (χ0n) is 7.72. The Bertz CT molecular complexity index is 401. The molecular weight excluding hydrogens is 201 g/mol. The van der Waals surface area contributed by atoms with E-state index >= 15 is 0 Å². The van der Waals surface area contributed by atoms with Crippen molar-refractivity contribution in [1.82, 2.24) is 20.1 Å². The van der Waals surface area contributed by atoms with E-state index < -0.39 is 5.82 Å². The Hall–Kier alpha value is -2.05. The number of nitrogens with zero attached hydrogens (tertiary/aromatic N) is 4. The van der Waals surface area contributed by atoms with Crippen molar-refractivity contribution in [3.63, 3.8) is 0 Å². The Morgan fingerprint density at radius 1 is 1.27 bits per heavy atom. The minimum atomic E-state index is -0.461. The van der Waals surface area contributed by atoms with Crippen molar-refractivity contribution in [2.45, 2.75) is 6.42 Å². The lowest BCUT2D eigenvalue weighted by atomic mass is 10.4. The quantitative estimate of drug-likeness (QED) is 0.796. The van der Waals surface area contributed by atoms with Crippen molar-refractivity contribution in [3.8, 4) is 0 Å². The van der Waals surface area contributed by atoms with Crippen molar-refractivity contribution in [2.24, 2.45) is 0 Å². The Morgan fingerprint density at radius 3 is 2.73 bits per heavy atom. The van der Waals surface area contributed by atoms with Gasteiger partial charge in [0.15, 0.2) is 12.1 Å². The summed E-state index contributed by atoms with van der Waals surface area (Å²) in [6.07, 6.45) is 4.11. The van der Waals surface area contributed by atoms with Gasteiger partial charge in [-0.25, -0.2) is 14.4 Å². The van der Waals surface area contributed by atoms with Crippen molar-refractivity contribution < 1.29 is 8.91 Å². The number of hydrogen-bond acceptors (Lipinski definition) is 6. The van der Waals surface area contributed by atoms with Gasteiger partial charge in [-0.05, 0) is 0 Å². The lowest BCUT2D eigenvalue weighted by Crippen LogP contribution is -2.08. The van der Waals surface area contributed by atoms with Crippen molar-refractivity contribution >= 4 is 5.95 Å². The van der Waals surface area contributed by atoms with Gasteiger partial charge in [0, 0.05) is 13.0 Å². The van der Waals surface area contributed by atoms with Gasteiger partial charge in [0.2, 0.25) is 11.8 Å². The van der Waals surface area contributed by atoms with Gasteiger partial charge in [0.05, 0.1) is 12.4 Å². The summed E-state index contributed by atoms with van der Waals surface area (Å²) >= 11 is 0. The maximum atomic E-state index is 12.4. The first-order chi connectivity index (χ1) is 7.34. The van der Waals surface area contributed by atoms with Crippen molar-refractivity contribution in [2.75, 3.05) is 11.9 Å². The summed E-state index contributed by atoms with van der Waals surface area (Å²) in [7, 11) is 0. The molecule has 0 amide bonds. The number of nitrogens with one attached hydrogen (secondary N) is 1. The third-order valence-corrected chi connectivity index (χ3v) is 1.65. The maximum Gasteiger partial charge on any atom is 0.228 e. The lowest BCUT2D eigenvalue weighted by Gasteiger charge is -2.00. The summed E-state index contributed by atoms with van der Waals surface area (Å²) in [5.41, 5.74) is 0. The summed E-state index contributed by atoms with van der Waals surface area (Å²) < 4.78 is 17.2. The molecule has 1 N–H and O–H groups in total. The van der Waals surface area contributed by atoms with Gasteiger partial charge in [-0.1, -0.05) is 5.16 Å². The summed E-state index contributed by atoms with van der Waals surface area (Å²) in [6.45, 7) is 0.549. The van der Waals surface area contributed by atoms with Crippen LogP contribution < -0.4 is 5.32 Å². The van der Waals surface area contributed by atoms with Crippen LogP contribution in [0.3, 0.4) is 0 Å². The fourth-order valence-electron chi connectivity index (χ4n) is 0.991. The minimum absolute atomic E-state index is 0.371. The highest BCUT2D eigenvalue weighted by Gasteiger charge is 2.00. The van der Waals surface area contributed by atoms with Crippen LogP contribution in [0.15, 0.2) is 23.2 Å². The third-order valence-electron chi connectivity index (χ3n) is 1.65. The number of aromatic nitrogens is 4. The van der Waals surface area contributed by atoms with Gasteiger partial charge in [-0.2, -0.15) is 4.98 Å². The molecule has 15 heavy (non-hydrogen) atoms. The molecule has 0 aliphatic rings. The molecule has 0 aliphatic carbocycles. The van der Waals surface area contributed by atoms with Gasteiger partial charge < -0.3 is 9.84 Å². The van der Waals surface area contributed by atoms with Crippen LogP contribution in [-0.4, -0.2) is 26.7 Å². The normalized spacial score (nSPS) is 10.2. The van der Waals surface area contributed by atoms with Gasteiger partial charge in [-0.3, -0.25) is 0 Å². The van der Waals surface area contributed by atoms with E-state index in [1.54, 1.807) is 0 Å². The average Bonchev–Trinajstić information content (AvgIpc) is 2.74. The lowest BCUT2D eigenvalue weighted by molar-refractivity contribution is 0.379. The topological polar surface area (TPSA) is 76.7 Å². The highest BCUT2D eigenvalue weighted by atomic mass is 19.1. The van der Waals surface area contributed by atoms with E-state index in [1.807, 2.05) is 0 Å². The van der Waals surface area contributed by atoms with E-state index in [0.29, 0.717) is 24.8 Å². The molecule has 0 saturated carbocycles. The van der Waals surface area contributed by atoms with E-state index in [-0.39, 0.29) is 0 Å². The number of hydrogen-bond donors (Lipinski definition) is 1. The molecule has 7 heteroatoms. The third kappa shape index (κ3) is 2.70. The van der Waals surface area contributed by atoms with Gasteiger partial charge in [-0.15, -0.1) is 0 Å². The smallest absolute Gasteiger partial charge is 0.228 e. The van der Waals surface area contributed by atoms with Crippen LogP contribution in [-0.2, 0) is 6.42 Å². The molecule has 0 fully saturated rings. The summed E-state index contributed by atoms with van der Waals surface area (Å²) in [4.78, 5) is 11.3. The summed E-state index contributed by atoms with van der Waals surface area (Å²) in [5, 5.41) is 6.36. The fourth-order valence-corrected chi connectivity index (χ4v) is 0.991. The molecule has 0 atom stereocenters. The Morgan fingerprint density at radius 2 is 2.07 bits per heavy atom. The zero-order valence-corrected chi connectivity index (χ0v) is 7.72. The van der Waals surface area contributed by atoms with Gasteiger partial charge >= 0.3 is 0 Å². The predicted octanol–water partition coefficient (Wildman–Crippen LogP) is 0.653. The second kappa shape index (κ2) is 4.45. The Balaban J connectivity index is 1.81. The largest absolute Gasteiger partial charge is 0.354 e. The Kier molecular flexibility index (Phi) is 2.82. The van der Waals surface area contributed by atoms with E-state index in [0.717, 1.165) is 12.4 Å². The number of anilines is 1. The first-order valence-corrected chi connectivity index (χ1v) is 4.31. The molecule has 2 rings (SSSR count). The maximum absolute atomic E-state index is 12.4. The van der Waals surface area contributed by atoms with Crippen LogP contribution in [0.4, 0.5) is 10.3 Å².